The lowest BCUT2D eigenvalue weighted by molar-refractivity contribution is 0.171. The Bertz CT molecular complexity index is 874. The van der Waals surface area contributed by atoms with E-state index in [-0.39, 0.29) is 11.6 Å². The number of hydrogen-bond donors (Lipinski definition) is 1. The fourth-order valence-corrected chi connectivity index (χ4v) is 2.37. The van der Waals surface area contributed by atoms with Gasteiger partial charge in [-0.2, -0.15) is 0 Å². The minimum absolute atomic E-state index is 0.181. The van der Waals surface area contributed by atoms with Crippen molar-refractivity contribution in [3.8, 4) is 22.8 Å². The Morgan fingerprint density at radius 3 is 2.71 bits per heavy atom. The zero-order valence-corrected chi connectivity index (χ0v) is 12.6. The summed E-state index contributed by atoms with van der Waals surface area (Å²) < 4.78 is 25.2. The van der Waals surface area contributed by atoms with Crippen LogP contribution in [0.3, 0.4) is 0 Å². The van der Waals surface area contributed by atoms with Gasteiger partial charge in [0.15, 0.2) is 17.3 Å². The fourth-order valence-electron chi connectivity index (χ4n) is 2.37. The van der Waals surface area contributed by atoms with Crippen LogP contribution >= 0.6 is 0 Å². The third-order valence-corrected chi connectivity index (χ3v) is 3.46. The van der Waals surface area contributed by atoms with E-state index in [1.54, 1.807) is 36.5 Å². The number of aromatic nitrogens is 3. The van der Waals surface area contributed by atoms with Crippen molar-refractivity contribution in [3.63, 3.8) is 0 Å². The number of benzene rings is 1. The van der Waals surface area contributed by atoms with Crippen LogP contribution in [-0.4, -0.2) is 28.2 Å². The van der Waals surface area contributed by atoms with Gasteiger partial charge in [0.05, 0.1) is 6.20 Å². The van der Waals surface area contributed by atoms with Gasteiger partial charge < -0.3 is 14.8 Å². The average molecular weight is 324 g/mol. The van der Waals surface area contributed by atoms with Gasteiger partial charge in [0, 0.05) is 11.8 Å². The average Bonchev–Trinajstić information content (AvgIpc) is 2.64. The van der Waals surface area contributed by atoms with Crippen molar-refractivity contribution < 1.29 is 13.9 Å². The Hall–Kier alpha value is -3.22. The molecule has 6 nitrogen and oxygen atoms in total. The lowest BCUT2D eigenvalue weighted by Crippen LogP contribution is -2.15. The third kappa shape index (κ3) is 2.83. The van der Waals surface area contributed by atoms with E-state index in [0.29, 0.717) is 36.1 Å². The third-order valence-electron chi connectivity index (χ3n) is 3.46. The van der Waals surface area contributed by atoms with Crippen LogP contribution in [0.15, 0.2) is 48.8 Å². The van der Waals surface area contributed by atoms with Gasteiger partial charge in [-0.15, -0.1) is 0 Å². The summed E-state index contributed by atoms with van der Waals surface area (Å²) in [6.07, 6.45) is 2.78. The second kappa shape index (κ2) is 6.11. The van der Waals surface area contributed by atoms with E-state index in [1.807, 2.05) is 6.07 Å². The molecule has 120 valence electrons. The summed E-state index contributed by atoms with van der Waals surface area (Å²) in [7, 11) is 0. The fraction of sp³-hybridized carbons (Fsp3) is 0.118. The number of ether oxygens (including phenoxy) is 2. The van der Waals surface area contributed by atoms with E-state index in [9.17, 15) is 4.39 Å². The Morgan fingerprint density at radius 1 is 1.00 bits per heavy atom. The smallest absolute Gasteiger partial charge is 0.229 e. The maximum atomic E-state index is 14.2. The maximum absolute atomic E-state index is 14.2. The van der Waals surface area contributed by atoms with E-state index < -0.39 is 5.82 Å². The minimum Gasteiger partial charge on any atom is -0.486 e. The highest BCUT2D eigenvalue weighted by Crippen LogP contribution is 2.34. The highest BCUT2D eigenvalue weighted by atomic mass is 19.1. The molecular formula is C17H13FN4O2. The van der Waals surface area contributed by atoms with E-state index in [2.05, 4.69) is 20.3 Å². The molecule has 0 radical (unpaired) electrons. The first kappa shape index (κ1) is 14.4. The predicted octanol–water partition coefficient (Wildman–Crippen LogP) is 3.19. The Labute approximate surface area is 137 Å². The normalized spacial score (nSPS) is 12.7. The molecule has 1 N–H and O–H groups in total. The molecule has 0 saturated heterocycles. The van der Waals surface area contributed by atoms with Crippen molar-refractivity contribution in [2.45, 2.75) is 0 Å². The molecule has 0 bridgehead atoms. The van der Waals surface area contributed by atoms with Gasteiger partial charge >= 0.3 is 0 Å². The van der Waals surface area contributed by atoms with Crippen molar-refractivity contribution in [2.24, 2.45) is 0 Å². The van der Waals surface area contributed by atoms with Gasteiger partial charge in [-0.25, -0.2) is 19.3 Å². The number of nitrogens with zero attached hydrogens (tertiary/aromatic N) is 3. The molecule has 4 rings (SSSR count). The lowest BCUT2D eigenvalue weighted by atomic mass is 10.1. The van der Waals surface area contributed by atoms with E-state index in [0.717, 1.165) is 6.20 Å². The Kier molecular flexibility index (Phi) is 3.66. The second-order valence-corrected chi connectivity index (χ2v) is 5.09. The molecule has 7 heteroatoms. The van der Waals surface area contributed by atoms with Gasteiger partial charge in [-0.05, 0) is 30.3 Å². The first-order valence-corrected chi connectivity index (χ1v) is 7.40. The van der Waals surface area contributed by atoms with Crippen molar-refractivity contribution in [1.82, 2.24) is 15.0 Å². The largest absolute Gasteiger partial charge is 0.486 e. The SMILES string of the molecule is Fc1cnc(Nc2ccccn2)nc1-c1ccc2c(c1)OCCO2. The molecule has 0 amide bonds. The van der Waals surface area contributed by atoms with Crippen molar-refractivity contribution in [1.29, 1.82) is 0 Å². The van der Waals surface area contributed by atoms with Gasteiger partial charge in [0.1, 0.15) is 24.7 Å². The highest BCUT2D eigenvalue weighted by Gasteiger charge is 2.16. The van der Waals surface area contributed by atoms with Crippen LogP contribution < -0.4 is 14.8 Å². The van der Waals surface area contributed by atoms with Gasteiger partial charge in [-0.1, -0.05) is 6.07 Å². The molecule has 0 fully saturated rings. The summed E-state index contributed by atoms with van der Waals surface area (Å²) in [5.74, 6) is 1.55. The number of rotatable bonds is 3. The molecule has 0 unspecified atom stereocenters. The molecule has 1 aliphatic heterocycles. The number of nitrogens with one attached hydrogen (secondary N) is 1. The van der Waals surface area contributed by atoms with Gasteiger partial charge in [0.2, 0.25) is 5.95 Å². The zero-order valence-electron chi connectivity index (χ0n) is 12.6. The molecule has 2 aromatic heterocycles. The van der Waals surface area contributed by atoms with Crippen LogP contribution in [0.25, 0.3) is 11.3 Å². The number of anilines is 2. The summed E-state index contributed by atoms with van der Waals surface area (Å²) in [6.45, 7) is 0.974. The number of fused-ring (bicyclic) bond motifs is 1. The summed E-state index contributed by atoms with van der Waals surface area (Å²) >= 11 is 0. The van der Waals surface area contributed by atoms with Crippen LogP contribution in [-0.2, 0) is 0 Å². The summed E-state index contributed by atoms with van der Waals surface area (Å²) in [6, 6.07) is 10.6. The Balaban J connectivity index is 1.69. The zero-order chi connectivity index (χ0) is 16.4. The second-order valence-electron chi connectivity index (χ2n) is 5.09. The summed E-state index contributed by atoms with van der Waals surface area (Å²) in [5.41, 5.74) is 0.767. The predicted molar refractivity (Wildman–Crippen MR) is 85.9 cm³/mol. The topological polar surface area (TPSA) is 69.2 Å². The first-order valence-electron chi connectivity index (χ1n) is 7.40. The van der Waals surface area contributed by atoms with Crippen LogP contribution in [0.2, 0.25) is 0 Å². The molecule has 24 heavy (non-hydrogen) atoms. The summed E-state index contributed by atoms with van der Waals surface area (Å²) in [5, 5.41) is 2.95. The quantitative estimate of drug-likeness (QED) is 0.798. The molecule has 0 saturated carbocycles. The molecule has 3 aromatic rings. The monoisotopic (exact) mass is 324 g/mol. The molecular weight excluding hydrogens is 311 g/mol. The van der Waals surface area contributed by atoms with Gasteiger partial charge in [0.25, 0.3) is 0 Å². The van der Waals surface area contributed by atoms with E-state index >= 15 is 0 Å². The van der Waals surface area contributed by atoms with E-state index in [4.69, 9.17) is 9.47 Å². The number of pyridine rings is 1. The van der Waals surface area contributed by atoms with E-state index in [1.165, 1.54) is 0 Å². The maximum Gasteiger partial charge on any atom is 0.229 e. The highest BCUT2D eigenvalue weighted by molar-refractivity contribution is 5.66. The molecule has 0 spiro atoms. The first-order chi connectivity index (χ1) is 11.8. The standard InChI is InChI=1S/C17H13FN4O2/c18-12-10-20-17(21-15-3-1-2-6-19-15)22-16(12)11-4-5-13-14(9-11)24-8-7-23-13/h1-6,9-10H,7-8H2,(H,19,20,21,22). The van der Waals surface area contributed by atoms with Crippen molar-refractivity contribution in [2.75, 3.05) is 18.5 Å². The minimum atomic E-state index is -0.516. The number of halogens is 1. The molecule has 1 aromatic carbocycles. The van der Waals surface area contributed by atoms with Crippen LogP contribution in [0.5, 0.6) is 11.5 Å². The van der Waals surface area contributed by atoms with Crippen molar-refractivity contribution in [3.05, 3.63) is 54.6 Å². The van der Waals surface area contributed by atoms with Crippen LogP contribution in [0.1, 0.15) is 0 Å². The van der Waals surface area contributed by atoms with Gasteiger partial charge in [-0.3, -0.25) is 0 Å². The molecule has 0 aliphatic carbocycles. The molecule has 3 heterocycles. The molecule has 1 aliphatic rings. The van der Waals surface area contributed by atoms with Crippen LogP contribution in [0, 0.1) is 5.82 Å². The molecule has 0 atom stereocenters. The summed E-state index contributed by atoms with van der Waals surface area (Å²) in [4.78, 5) is 12.3. The Morgan fingerprint density at radius 2 is 1.88 bits per heavy atom. The lowest BCUT2D eigenvalue weighted by Gasteiger charge is -2.18. The number of hydrogen-bond acceptors (Lipinski definition) is 6. The van der Waals surface area contributed by atoms with Crippen molar-refractivity contribution >= 4 is 11.8 Å². The van der Waals surface area contributed by atoms with Crippen LogP contribution in [0.4, 0.5) is 16.2 Å².